The number of rotatable bonds is 14. The van der Waals surface area contributed by atoms with Gasteiger partial charge in [0.1, 0.15) is 18.6 Å². The van der Waals surface area contributed by atoms with Crippen LogP contribution in [0, 0.1) is 0 Å². The van der Waals surface area contributed by atoms with E-state index in [0.717, 1.165) is 36.7 Å². The first-order chi connectivity index (χ1) is 19.9. The van der Waals surface area contributed by atoms with Crippen molar-refractivity contribution in [3.05, 3.63) is 65.7 Å². The van der Waals surface area contributed by atoms with E-state index in [2.05, 4.69) is 10.2 Å². The van der Waals surface area contributed by atoms with Gasteiger partial charge in [-0.25, -0.2) is 9.86 Å². The molecule has 11 nitrogen and oxygen atoms in total. The highest BCUT2D eigenvalue weighted by molar-refractivity contribution is 5.93. The minimum absolute atomic E-state index is 0.0424. The van der Waals surface area contributed by atoms with E-state index < -0.39 is 36.0 Å². The Balaban J connectivity index is 1.28. The van der Waals surface area contributed by atoms with E-state index in [1.807, 2.05) is 30.3 Å². The number of aliphatic carboxylic acids is 1. The van der Waals surface area contributed by atoms with Gasteiger partial charge in [-0.15, -0.1) is 0 Å². The molecule has 0 spiro atoms. The Hall–Kier alpha value is -3.51. The van der Waals surface area contributed by atoms with Crippen molar-refractivity contribution in [1.82, 2.24) is 15.3 Å². The Labute approximate surface area is 240 Å². The van der Waals surface area contributed by atoms with Gasteiger partial charge in [-0.1, -0.05) is 48.9 Å². The van der Waals surface area contributed by atoms with Crippen LogP contribution in [0.5, 0.6) is 5.75 Å². The molecule has 1 unspecified atom stereocenters. The molecule has 0 aromatic heterocycles. The summed E-state index contributed by atoms with van der Waals surface area (Å²) in [7, 11) is 1.35. The molecule has 0 radical (unpaired) electrons. The molecule has 2 heterocycles. The fourth-order valence-corrected chi connectivity index (χ4v) is 4.97. The second-order valence-corrected chi connectivity index (χ2v) is 10.2. The average molecular weight is 570 g/mol. The van der Waals surface area contributed by atoms with Gasteiger partial charge in [0.15, 0.2) is 12.2 Å². The maximum Gasteiger partial charge on any atom is 0.326 e. The Morgan fingerprint density at radius 1 is 1.00 bits per heavy atom. The molecular formula is C30H39N3O8. The fraction of sp³-hybridized carbons (Fsp3) is 0.500. The van der Waals surface area contributed by atoms with E-state index in [-0.39, 0.29) is 19.8 Å². The molecule has 2 N–H and O–H groups in total. The second-order valence-electron chi connectivity index (χ2n) is 10.2. The molecule has 2 saturated heterocycles. The quantitative estimate of drug-likeness (QED) is 0.260. The minimum Gasteiger partial charge on any atom is -0.494 e. The van der Waals surface area contributed by atoms with Crippen LogP contribution < -0.4 is 10.1 Å². The van der Waals surface area contributed by atoms with Gasteiger partial charge in [-0.3, -0.25) is 14.4 Å². The number of benzene rings is 2. The third kappa shape index (κ3) is 8.99. The molecule has 2 amide bonds. The molecule has 2 fully saturated rings. The number of carbonyl (C=O) groups is 3. The number of carboxylic acid groups (broad SMARTS) is 1. The lowest BCUT2D eigenvalue weighted by atomic mass is 10.0. The van der Waals surface area contributed by atoms with Crippen molar-refractivity contribution in [3.8, 4) is 5.75 Å². The van der Waals surface area contributed by atoms with Crippen LogP contribution in [0.4, 0.5) is 0 Å². The van der Waals surface area contributed by atoms with Crippen LogP contribution in [-0.2, 0) is 41.7 Å². The van der Waals surface area contributed by atoms with Crippen LogP contribution in [0.25, 0.3) is 0 Å². The van der Waals surface area contributed by atoms with Crippen LogP contribution in [0.15, 0.2) is 54.6 Å². The summed E-state index contributed by atoms with van der Waals surface area (Å²) in [6.45, 7) is 3.81. The normalized spacial score (nSPS) is 19.8. The topological polar surface area (TPSA) is 127 Å². The van der Waals surface area contributed by atoms with Crippen LogP contribution >= 0.6 is 0 Å². The number of carboxylic acids is 1. The van der Waals surface area contributed by atoms with E-state index in [0.29, 0.717) is 17.9 Å². The number of nitrogens with one attached hydrogen (secondary N) is 1. The van der Waals surface area contributed by atoms with Gasteiger partial charge in [-0.2, -0.15) is 0 Å². The Morgan fingerprint density at radius 3 is 2.39 bits per heavy atom. The first-order valence-corrected chi connectivity index (χ1v) is 14.0. The Bertz CT molecular complexity index is 1120. The van der Waals surface area contributed by atoms with Crippen LogP contribution in [0.1, 0.15) is 36.8 Å². The first kappa shape index (κ1) is 30.4. The molecule has 0 bridgehead atoms. The molecule has 222 valence electrons. The number of nitrogens with zero attached hydrogens (tertiary/aromatic N) is 2. The van der Waals surface area contributed by atoms with Crippen LogP contribution in [-0.4, -0.2) is 91.2 Å². The van der Waals surface area contributed by atoms with Crippen LogP contribution in [0.2, 0.25) is 0 Å². The van der Waals surface area contributed by atoms with E-state index in [1.54, 1.807) is 24.3 Å². The van der Waals surface area contributed by atoms with E-state index >= 15 is 0 Å². The molecule has 3 atom stereocenters. The zero-order valence-corrected chi connectivity index (χ0v) is 23.4. The van der Waals surface area contributed by atoms with E-state index in [4.69, 9.17) is 19.0 Å². The number of carbonyl (C=O) groups excluding carboxylic acids is 2. The van der Waals surface area contributed by atoms with Crippen molar-refractivity contribution >= 4 is 17.8 Å². The molecule has 0 saturated carbocycles. The Morgan fingerprint density at radius 2 is 1.71 bits per heavy atom. The summed E-state index contributed by atoms with van der Waals surface area (Å²) in [6.07, 6.45) is 2.23. The summed E-state index contributed by atoms with van der Waals surface area (Å²) >= 11 is 0. The van der Waals surface area contributed by atoms with Gasteiger partial charge < -0.3 is 29.5 Å². The monoisotopic (exact) mass is 569 g/mol. The third-order valence-corrected chi connectivity index (χ3v) is 7.22. The number of hydrogen-bond acceptors (Lipinski definition) is 8. The lowest BCUT2D eigenvalue weighted by molar-refractivity contribution is -0.189. The molecule has 4 rings (SSSR count). The molecule has 2 aromatic rings. The van der Waals surface area contributed by atoms with Gasteiger partial charge in [0, 0.05) is 13.0 Å². The van der Waals surface area contributed by atoms with Crippen molar-refractivity contribution in [2.24, 2.45) is 0 Å². The highest BCUT2D eigenvalue weighted by atomic mass is 16.7. The summed E-state index contributed by atoms with van der Waals surface area (Å²) in [5, 5.41) is 13.4. The summed E-state index contributed by atoms with van der Waals surface area (Å²) < 4.78 is 16.6. The highest BCUT2D eigenvalue weighted by Crippen LogP contribution is 2.19. The van der Waals surface area contributed by atoms with Crippen molar-refractivity contribution in [2.75, 3.05) is 40.1 Å². The maximum atomic E-state index is 13.1. The summed E-state index contributed by atoms with van der Waals surface area (Å²) in [6, 6.07) is 15.1. The Kier molecular flexibility index (Phi) is 11.5. The zero-order chi connectivity index (χ0) is 29.0. The molecule has 11 heteroatoms. The predicted molar refractivity (Wildman–Crippen MR) is 149 cm³/mol. The molecule has 41 heavy (non-hydrogen) atoms. The van der Waals surface area contributed by atoms with Crippen molar-refractivity contribution in [1.29, 1.82) is 0 Å². The minimum atomic E-state index is -1.32. The molecule has 0 aliphatic carbocycles. The maximum absolute atomic E-state index is 13.1. The third-order valence-electron chi connectivity index (χ3n) is 7.22. The van der Waals surface area contributed by atoms with E-state index in [1.165, 1.54) is 26.4 Å². The number of amides is 2. The zero-order valence-electron chi connectivity index (χ0n) is 23.4. The standard InChI is InChI=1S/C30H39N3O8/c1-38-33(20-23-9-4-2-5-10-23)29(35)27-26(40-21-41-27)28(34)31-25(30(36)37)19-22-11-13-24(14-12-22)39-18-8-17-32-15-6-3-7-16-32/h2,4-5,9-14,25-27H,3,6-8,15-21H2,1H3,(H,31,34)(H,36,37)/t25?,26-,27-/m1/s1. The number of likely N-dealkylation sites (tertiary alicyclic amines) is 1. The lowest BCUT2D eigenvalue weighted by Gasteiger charge is -2.26. The second kappa shape index (κ2) is 15.5. The summed E-state index contributed by atoms with van der Waals surface area (Å²) in [4.78, 5) is 45.8. The summed E-state index contributed by atoms with van der Waals surface area (Å²) in [5.41, 5.74) is 1.53. The predicted octanol–water partition coefficient (Wildman–Crippen LogP) is 2.39. The fourth-order valence-electron chi connectivity index (χ4n) is 4.97. The smallest absolute Gasteiger partial charge is 0.326 e. The van der Waals surface area contributed by atoms with E-state index in [9.17, 15) is 19.5 Å². The number of ether oxygens (including phenoxy) is 3. The van der Waals surface area contributed by atoms with Gasteiger partial charge in [0.25, 0.3) is 11.8 Å². The van der Waals surface area contributed by atoms with Crippen molar-refractivity contribution in [2.45, 2.75) is 56.9 Å². The lowest BCUT2D eigenvalue weighted by Crippen LogP contribution is -2.52. The largest absolute Gasteiger partial charge is 0.494 e. The van der Waals surface area contributed by atoms with Crippen molar-refractivity contribution in [3.63, 3.8) is 0 Å². The molecule has 2 aliphatic heterocycles. The number of hydroxylamine groups is 2. The van der Waals surface area contributed by atoms with Crippen LogP contribution in [0.3, 0.4) is 0 Å². The highest BCUT2D eigenvalue weighted by Gasteiger charge is 2.43. The van der Waals surface area contributed by atoms with Gasteiger partial charge >= 0.3 is 5.97 Å². The molecule has 2 aromatic carbocycles. The first-order valence-electron chi connectivity index (χ1n) is 14.0. The van der Waals surface area contributed by atoms with Gasteiger partial charge in [0.05, 0.1) is 20.3 Å². The molecular weight excluding hydrogens is 530 g/mol. The van der Waals surface area contributed by atoms with Gasteiger partial charge in [0.2, 0.25) is 0 Å². The van der Waals surface area contributed by atoms with Gasteiger partial charge in [-0.05, 0) is 55.6 Å². The average Bonchev–Trinajstić information content (AvgIpc) is 3.49. The number of hydrogen-bond donors (Lipinski definition) is 2. The van der Waals surface area contributed by atoms with Crippen molar-refractivity contribution < 1.29 is 38.5 Å². The number of piperidine rings is 1. The SMILES string of the molecule is CON(Cc1ccccc1)C(=O)[C@@H]1OCO[C@H]1C(=O)NC(Cc1ccc(OCCCN2CCCCC2)cc1)C(=O)O. The molecule has 2 aliphatic rings. The summed E-state index contributed by atoms with van der Waals surface area (Å²) in [5.74, 6) is -1.86.